The molecule has 4 aromatic rings. The summed E-state index contributed by atoms with van der Waals surface area (Å²) in [7, 11) is 0. The van der Waals surface area contributed by atoms with Crippen molar-refractivity contribution in [3.05, 3.63) is 80.6 Å². The molecule has 0 atom stereocenters. The second kappa shape index (κ2) is 9.03. The molecule has 10 nitrogen and oxygen atoms in total. The van der Waals surface area contributed by atoms with Gasteiger partial charge >= 0.3 is 0 Å². The zero-order valence-corrected chi connectivity index (χ0v) is 18.2. The van der Waals surface area contributed by atoms with Crippen molar-refractivity contribution in [2.45, 2.75) is 33.4 Å². The minimum atomic E-state index is -0.687. The van der Waals surface area contributed by atoms with Gasteiger partial charge in [-0.25, -0.2) is 9.36 Å². The maximum absolute atomic E-state index is 12.9. The van der Waals surface area contributed by atoms with E-state index < -0.39 is 11.8 Å². The number of amides is 2. The first-order valence-corrected chi connectivity index (χ1v) is 10.6. The minimum absolute atomic E-state index is 0.00104. The largest absolute Gasteiger partial charge is 0.290 e. The number of hydrogen-bond acceptors (Lipinski definition) is 6. The number of carbonyl (C=O) groups excluding carboxylic acids is 2. The van der Waals surface area contributed by atoms with Crippen LogP contribution in [0.5, 0.6) is 0 Å². The van der Waals surface area contributed by atoms with E-state index >= 15 is 0 Å². The number of fused-ring (bicyclic) bond motifs is 2. The third-order valence-electron chi connectivity index (χ3n) is 5.19. The molecule has 0 saturated heterocycles. The van der Waals surface area contributed by atoms with Gasteiger partial charge in [-0.2, -0.15) is 10.2 Å². The average Bonchev–Trinajstić information content (AvgIpc) is 2.84. The Morgan fingerprint density at radius 2 is 1.15 bits per heavy atom. The van der Waals surface area contributed by atoms with E-state index in [0.29, 0.717) is 34.5 Å². The van der Waals surface area contributed by atoms with Gasteiger partial charge in [0, 0.05) is 23.9 Å². The van der Waals surface area contributed by atoms with Crippen molar-refractivity contribution in [3.63, 3.8) is 0 Å². The van der Waals surface area contributed by atoms with Gasteiger partial charge in [0.05, 0.1) is 10.8 Å². The molecule has 2 aromatic heterocycles. The van der Waals surface area contributed by atoms with Crippen molar-refractivity contribution in [1.82, 2.24) is 30.4 Å². The topological polar surface area (TPSA) is 128 Å². The second-order valence-corrected chi connectivity index (χ2v) is 7.35. The van der Waals surface area contributed by atoms with E-state index in [-0.39, 0.29) is 29.1 Å². The summed E-state index contributed by atoms with van der Waals surface area (Å²) in [6.45, 7) is 4.28. The van der Waals surface area contributed by atoms with E-state index in [2.05, 4.69) is 21.0 Å². The number of aryl methyl sites for hydroxylation is 2. The van der Waals surface area contributed by atoms with Gasteiger partial charge in [0.15, 0.2) is 11.4 Å². The molecule has 2 amide bonds. The summed E-state index contributed by atoms with van der Waals surface area (Å²) in [5, 5.41) is 9.83. The summed E-state index contributed by atoms with van der Waals surface area (Å²) in [5.74, 6) is -1.37. The molecular formula is C23H22N6O4. The van der Waals surface area contributed by atoms with Gasteiger partial charge in [-0.05, 0) is 25.5 Å². The quantitative estimate of drug-likeness (QED) is 0.448. The minimum Gasteiger partial charge on any atom is -0.267 e. The highest BCUT2D eigenvalue weighted by Crippen LogP contribution is 2.14. The Labute approximate surface area is 187 Å². The number of carbonyl (C=O) groups is 2. The molecule has 33 heavy (non-hydrogen) atoms. The summed E-state index contributed by atoms with van der Waals surface area (Å²) in [6.07, 6.45) is 0.662. The molecule has 0 unspecified atom stereocenters. The van der Waals surface area contributed by atoms with Gasteiger partial charge in [0.25, 0.3) is 22.9 Å². The van der Waals surface area contributed by atoms with Gasteiger partial charge in [0.1, 0.15) is 0 Å². The van der Waals surface area contributed by atoms with E-state index in [4.69, 9.17) is 0 Å². The van der Waals surface area contributed by atoms with E-state index in [1.54, 1.807) is 55.5 Å². The van der Waals surface area contributed by atoms with Crippen LogP contribution in [0.15, 0.2) is 58.1 Å². The highest BCUT2D eigenvalue weighted by molar-refractivity contribution is 6.08. The Morgan fingerprint density at radius 1 is 0.727 bits per heavy atom. The zero-order chi connectivity index (χ0) is 23.5. The predicted molar refractivity (Wildman–Crippen MR) is 123 cm³/mol. The Hall–Kier alpha value is -4.34. The van der Waals surface area contributed by atoms with Crippen LogP contribution in [0.1, 0.15) is 41.2 Å². The summed E-state index contributed by atoms with van der Waals surface area (Å²) in [4.78, 5) is 50.9. The highest BCUT2D eigenvalue weighted by Gasteiger charge is 2.20. The number of nitrogens with one attached hydrogen (secondary N) is 2. The first-order valence-electron chi connectivity index (χ1n) is 10.6. The van der Waals surface area contributed by atoms with Gasteiger partial charge in [-0.15, -0.1) is 0 Å². The molecule has 0 saturated carbocycles. The van der Waals surface area contributed by atoms with Crippen molar-refractivity contribution in [2.24, 2.45) is 0 Å². The normalized spacial score (nSPS) is 11.0. The molecule has 2 N–H and O–H groups in total. The Bertz CT molecular complexity index is 1500. The monoisotopic (exact) mass is 446 g/mol. The first kappa shape index (κ1) is 21.9. The van der Waals surface area contributed by atoms with Crippen LogP contribution in [0.4, 0.5) is 0 Å². The number of rotatable bonds is 5. The van der Waals surface area contributed by atoms with Crippen molar-refractivity contribution in [1.29, 1.82) is 0 Å². The number of hydrazine groups is 1. The number of aromatic nitrogens is 4. The molecule has 0 aliphatic rings. The Morgan fingerprint density at radius 3 is 1.61 bits per heavy atom. The Balaban J connectivity index is 1.67. The van der Waals surface area contributed by atoms with Crippen LogP contribution in [0.25, 0.3) is 21.5 Å². The fraction of sp³-hybridized carbons (Fsp3) is 0.217. The molecule has 4 rings (SSSR count). The molecule has 0 spiro atoms. The molecule has 10 heteroatoms. The molecule has 2 heterocycles. The highest BCUT2D eigenvalue weighted by atomic mass is 16.2. The maximum Gasteiger partial charge on any atom is 0.290 e. The molecule has 168 valence electrons. The molecule has 0 radical (unpaired) electrons. The third kappa shape index (κ3) is 3.98. The zero-order valence-electron chi connectivity index (χ0n) is 18.2. The van der Waals surface area contributed by atoms with Crippen molar-refractivity contribution in [2.75, 3.05) is 0 Å². The third-order valence-corrected chi connectivity index (χ3v) is 5.19. The smallest absolute Gasteiger partial charge is 0.267 e. The van der Waals surface area contributed by atoms with Crippen molar-refractivity contribution < 1.29 is 9.59 Å². The molecule has 2 aromatic carbocycles. The average molecular weight is 446 g/mol. The number of benzene rings is 2. The van der Waals surface area contributed by atoms with E-state index in [0.717, 1.165) is 0 Å². The van der Waals surface area contributed by atoms with Gasteiger partial charge in [-0.3, -0.25) is 30.0 Å². The standard InChI is InChI=1S/C23H22N6O4/c1-3-13-29-23(33)17-12-8-6-10-15(17)19(27-29)21(31)25-24-20(30)18-14-9-5-7-11-16(14)22(32)28(4-2)26-18/h5-12H,3-4,13H2,1-2H3,(H,24,30)(H,25,31). The van der Waals surface area contributed by atoms with Crippen molar-refractivity contribution >= 4 is 33.4 Å². The van der Waals surface area contributed by atoms with Crippen LogP contribution in [-0.2, 0) is 13.1 Å². The molecule has 0 bridgehead atoms. The molecule has 0 aliphatic heterocycles. The van der Waals surface area contributed by atoms with Crippen LogP contribution < -0.4 is 22.0 Å². The lowest BCUT2D eigenvalue weighted by Gasteiger charge is -2.12. The lowest BCUT2D eigenvalue weighted by atomic mass is 10.1. The fourth-order valence-corrected chi connectivity index (χ4v) is 3.62. The van der Waals surface area contributed by atoms with Gasteiger partial charge in [0.2, 0.25) is 0 Å². The van der Waals surface area contributed by atoms with Crippen LogP contribution in [-0.4, -0.2) is 31.4 Å². The maximum atomic E-state index is 12.9. The van der Waals surface area contributed by atoms with E-state index in [1.165, 1.54) is 9.36 Å². The lowest BCUT2D eigenvalue weighted by Crippen LogP contribution is -2.43. The summed E-state index contributed by atoms with van der Waals surface area (Å²) in [5.41, 5.74) is 4.12. The summed E-state index contributed by atoms with van der Waals surface area (Å²) in [6, 6.07) is 13.3. The van der Waals surface area contributed by atoms with Crippen LogP contribution in [0.3, 0.4) is 0 Å². The van der Waals surface area contributed by atoms with Crippen LogP contribution in [0, 0.1) is 0 Å². The van der Waals surface area contributed by atoms with Crippen LogP contribution >= 0.6 is 0 Å². The Kier molecular flexibility index (Phi) is 5.99. The number of hydrogen-bond donors (Lipinski definition) is 2. The number of nitrogens with zero attached hydrogens (tertiary/aromatic N) is 4. The fourth-order valence-electron chi connectivity index (χ4n) is 3.62. The SMILES string of the molecule is CCCn1nc(C(=O)NNC(=O)c2nn(CC)c(=O)c3ccccc23)c2ccccc2c1=O. The summed E-state index contributed by atoms with van der Waals surface area (Å²) >= 11 is 0. The summed E-state index contributed by atoms with van der Waals surface area (Å²) < 4.78 is 2.43. The molecule has 0 aliphatic carbocycles. The lowest BCUT2D eigenvalue weighted by molar-refractivity contribution is 0.0840. The molecular weight excluding hydrogens is 424 g/mol. The van der Waals surface area contributed by atoms with Crippen LogP contribution in [0.2, 0.25) is 0 Å². The van der Waals surface area contributed by atoms with Crippen molar-refractivity contribution in [3.8, 4) is 0 Å². The predicted octanol–water partition coefficient (Wildman–Crippen LogP) is 1.61. The van der Waals surface area contributed by atoms with Gasteiger partial charge < -0.3 is 0 Å². The second-order valence-electron chi connectivity index (χ2n) is 7.35. The molecule has 0 fully saturated rings. The van der Waals surface area contributed by atoms with E-state index in [1.807, 2.05) is 6.92 Å². The first-order chi connectivity index (χ1) is 16.0. The van der Waals surface area contributed by atoms with E-state index in [9.17, 15) is 19.2 Å². The van der Waals surface area contributed by atoms with Gasteiger partial charge in [-0.1, -0.05) is 43.3 Å².